The predicted molar refractivity (Wildman–Crippen MR) is 62.3 cm³/mol. The molecule has 0 atom stereocenters. The number of nitrogens with zero attached hydrogens (tertiary/aromatic N) is 3. The van der Waals surface area contributed by atoms with Crippen molar-refractivity contribution in [3.63, 3.8) is 0 Å². The smallest absolute Gasteiger partial charge is 0.206 e. The lowest BCUT2D eigenvalue weighted by molar-refractivity contribution is 0.511. The van der Waals surface area contributed by atoms with Gasteiger partial charge in [-0.3, -0.25) is 0 Å². The van der Waals surface area contributed by atoms with Crippen LogP contribution >= 0.6 is 11.3 Å². The predicted octanol–water partition coefficient (Wildman–Crippen LogP) is 2.34. The van der Waals surface area contributed by atoms with Gasteiger partial charge in [-0.05, 0) is 5.92 Å². The van der Waals surface area contributed by atoms with Crippen molar-refractivity contribution in [1.82, 2.24) is 15.2 Å². The van der Waals surface area contributed by atoms with Gasteiger partial charge in [0.15, 0.2) is 6.39 Å². The van der Waals surface area contributed by atoms with Crippen LogP contribution in [0.4, 0.5) is 5.13 Å². The van der Waals surface area contributed by atoms with Crippen molar-refractivity contribution in [3.05, 3.63) is 23.4 Å². The van der Waals surface area contributed by atoms with Gasteiger partial charge in [0.2, 0.25) is 5.13 Å². The average Bonchev–Trinajstić information content (AvgIpc) is 2.84. The first-order valence-electron chi connectivity index (χ1n) is 5.17. The first-order chi connectivity index (χ1) is 7.74. The van der Waals surface area contributed by atoms with Crippen molar-refractivity contribution < 1.29 is 4.42 Å². The maximum Gasteiger partial charge on any atom is 0.206 e. The Balaban J connectivity index is 1.88. The molecule has 0 saturated heterocycles. The van der Waals surface area contributed by atoms with Crippen LogP contribution in [0.25, 0.3) is 0 Å². The summed E-state index contributed by atoms with van der Waals surface area (Å²) in [5.41, 5.74) is 0. The zero-order valence-corrected chi connectivity index (χ0v) is 10.1. The molecule has 0 aliphatic carbocycles. The molecule has 0 fully saturated rings. The zero-order valence-electron chi connectivity index (χ0n) is 9.30. The first kappa shape index (κ1) is 11.1. The molecule has 0 saturated carbocycles. The highest BCUT2D eigenvalue weighted by Gasteiger charge is 2.06. The fourth-order valence-corrected chi connectivity index (χ4v) is 2.20. The molecule has 0 radical (unpaired) electrons. The maximum atomic E-state index is 5.11. The van der Waals surface area contributed by atoms with E-state index >= 15 is 0 Å². The molecule has 86 valence electrons. The van der Waals surface area contributed by atoms with Crippen molar-refractivity contribution in [2.75, 3.05) is 5.32 Å². The first-order valence-corrected chi connectivity index (χ1v) is 5.99. The van der Waals surface area contributed by atoms with Gasteiger partial charge in [0, 0.05) is 6.42 Å². The van der Waals surface area contributed by atoms with E-state index in [2.05, 4.69) is 34.3 Å². The third-order valence-corrected chi connectivity index (χ3v) is 2.85. The van der Waals surface area contributed by atoms with E-state index in [1.807, 2.05) is 0 Å². The Hall–Kier alpha value is -1.43. The Morgan fingerprint density at radius 2 is 2.31 bits per heavy atom. The fraction of sp³-hybridized carbons (Fsp3) is 0.500. The Morgan fingerprint density at radius 3 is 3.00 bits per heavy atom. The molecule has 0 aromatic carbocycles. The van der Waals surface area contributed by atoms with Crippen LogP contribution in [0.2, 0.25) is 0 Å². The monoisotopic (exact) mass is 238 g/mol. The molecule has 1 N–H and O–H groups in total. The quantitative estimate of drug-likeness (QED) is 0.866. The van der Waals surface area contributed by atoms with E-state index in [0.29, 0.717) is 12.5 Å². The largest absolute Gasteiger partial charge is 0.447 e. The fourth-order valence-electron chi connectivity index (χ4n) is 1.25. The number of hydrogen-bond acceptors (Lipinski definition) is 6. The van der Waals surface area contributed by atoms with Crippen LogP contribution in [0, 0.1) is 5.92 Å². The zero-order chi connectivity index (χ0) is 11.4. The van der Waals surface area contributed by atoms with E-state index in [4.69, 9.17) is 4.42 Å². The lowest BCUT2D eigenvalue weighted by Gasteiger charge is -1.98. The molecule has 0 aliphatic rings. The number of hydrogen-bond donors (Lipinski definition) is 1. The summed E-state index contributed by atoms with van der Waals surface area (Å²) >= 11 is 1.59. The minimum atomic E-state index is 0.594. The van der Waals surface area contributed by atoms with Gasteiger partial charge in [0.25, 0.3) is 0 Å². The van der Waals surface area contributed by atoms with Crippen molar-refractivity contribution in [1.29, 1.82) is 0 Å². The molecule has 0 spiro atoms. The van der Waals surface area contributed by atoms with Gasteiger partial charge >= 0.3 is 0 Å². The van der Waals surface area contributed by atoms with Gasteiger partial charge in [-0.1, -0.05) is 25.2 Å². The van der Waals surface area contributed by atoms with E-state index < -0.39 is 0 Å². The van der Waals surface area contributed by atoms with Crippen molar-refractivity contribution in [2.45, 2.75) is 26.8 Å². The molecule has 16 heavy (non-hydrogen) atoms. The van der Waals surface area contributed by atoms with E-state index in [-0.39, 0.29) is 0 Å². The molecule has 0 amide bonds. The summed E-state index contributed by atoms with van der Waals surface area (Å²) in [6.07, 6.45) is 4.08. The van der Waals surface area contributed by atoms with Crippen LogP contribution in [0.15, 0.2) is 17.0 Å². The number of nitrogens with one attached hydrogen (secondary N) is 1. The molecular formula is C10H14N4OS. The van der Waals surface area contributed by atoms with E-state index in [0.717, 1.165) is 22.3 Å². The summed E-state index contributed by atoms with van der Waals surface area (Å²) in [7, 11) is 0. The standard InChI is InChI=1S/C10H14N4OS/c1-7(2)3-9-13-14-10(16-9)12-5-8-4-11-6-15-8/h4,6-7H,3,5H2,1-2H3,(H,12,14). The molecule has 6 heteroatoms. The summed E-state index contributed by atoms with van der Waals surface area (Å²) < 4.78 is 5.11. The molecule has 2 aromatic heterocycles. The lowest BCUT2D eigenvalue weighted by atomic mass is 10.1. The van der Waals surface area contributed by atoms with E-state index in [1.165, 1.54) is 6.39 Å². The number of rotatable bonds is 5. The van der Waals surface area contributed by atoms with Crippen LogP contribution in [0.1, 0.15) is 24.6 Å². The van der Waals surface area contributed by atoms with Crippen LogP contribution in [-0.4, -0.2) is 15.2 Å². The molecule has 2 heterocycles. The Morgan fingerprint density at radius 1 is 1.44 bits per heavy atom. The van der Waals surface area contributed by atoms with E-state index in [1.54, 1.807) is 17.5 Å². The van der Waals surface area contributed by atoms with Gasteiger partial charge in [0.1, 0.15) is 10.8 Å². The van der Waals surface area contributed by atoms with Crippen LogP contribution in [0.5, 0.6) is 0 Å². The number of aromatic nitrogens is 3. The minimum Gasteiger partial charge on any atom is -0.447 e. The molecule has 0 aliphatic heterocycles. The van der Waals surface area contributed by atoms with Gasteiger partial charge in [-0.15, -0.1) is 10.2 Å². The normalized spacial score (nSPS) is 10.9. The molecule has 2 aromatic rings. The van der Waals surface area contributed by atoms with E-state index in [9.17, 15) is 0 Å². The second-order valence-electron chi connectivity index (χ2n) is 3.92. The number of oxazole rings is 1. The molecular weight excluding hydrogens is 224 g/mol. The summed E-state index contributed by atoms with van der Waals surface area (Å²) in [6, 6.07) is 0. The molecule has 0 bridgehead atoms. The van der Waals surface area contributed by atoms with Crippen molar-refractivity contribution in [2.24, 2.45) is 5.92 Å². The minimum absolute atomic E-state index is 0.594. The van der Waals surface area contributed by atoms with Gasteiger partial charge in [-0.2, -0.15) is 0 Å². The lowest BCUT2D eigenvalue weighted by Crippen LogP contribution is -1.97. The Kier molecular flexibility index (Phi) is 3.51. The highest BCUT2D eigenvalue weighted by atomic mass is 32.1. The third kappa shape index (κ3) is 3.03. The second kappa shape index (κ2) is 5.07. The summed E-state index contributed by atoms with van der Waals surface area (Å²) in [5.74, 6) is 1.40. The highest BCUT2D eigenvalue weighted by molar-refractivity contribution is 7.15. The summed E-state index contributed by atoms with van der Waals surface area (Å²) in [5, 5.41) is 13.2. The topological polar surface area (TPSA) is 63.8 Å². The van der Waals surface area contributed by atoms with Crippen LogP contribution in [0.3, 0.4) is 0 Å². The third-order valence-electron chi connectivity index (χ3n) is 1.95. The average molecular weight is 238 g/mol. The molecule has 0 unspecified atom stereocenters. The van der Waals surface area contributed by atoms with Crippen LogP contribution < -0.4 is 5.32 Å². The summed E-state index contributed by atoms with van der Waals surface area (Å²) in [4.78, 5) is 3.84. The Bertz CT molecular complexity index is 424. The van der Waals surface area contributed by atoms with Gasteiger partial charge < -0.3 is 9.73 Å². The molecule has 2 rings (SSSR count). The Labute approximate surface area is 97.9 Å². The maximum absolute atomic E-state index is 5.11. The van der Waals surface area contributed by atoms with Gasteiger partial charge in [-0.25, -0.2) is 4.98 Å². The van der Waals surface area contributed by atoms with Crippen molar-refractivity contribution >= 4 is 16.5 Å². The number of anilines is 1. The second-order valence-corrected chi connectivity index (χ2v) is 4.98. The van der Waals surface area contributed by atoms with Crippen molar-refractivity contribution in [3.8, 4) is 0 Å². The summed E-state index contributed by atoms with van der Waals surface area (Å²) in [6.45, 7) is 4.93. The van der Waals surface area contributed by atoms with Gasteiger partial charge in [0.05, 0.1) is 12.7 Å². The van der Waals surface area contributed by atoms with Crippen LogP contribution in [-0.2, 0) is 13.0 Å². The SMILES string of the molecule is CC(C)Cc1nnc(NCc2cnco2)s1. The highest BCUT2D eigenvalue weighted by Crippen LogP contribution is 2.18. The molecule has 5 nitrogen and oxygen atoms in total.